The van der Waals surface area contributed by atoms with E-state index in [-0.39, 0.29) is 0 Å². The first-order valence-electron chi connectivity index (χ1n) is 3.49. The van der Waals surface area contributed by atoms with E-state index >= 15 is 0 Å². The van der Waals surface area contributed by atoms with Crippen molar-refractivity contribution in [3.63, 3.8) is 0 Å². The zero-order valence-electron chi connectivity index (χ0n) is 6.21. The van der Waals surface area contributed by atoms with Gasteiger partial charge in [0, 0.05) is 0 Å². The fraction of sp³-hybridized carbons (Fsp3) is 1.00. The molecule has 0 bridgehead atoms. The van der Waals surface area contributed by atoms with Gasteiger partial charge in [0.2, 0.25) is 0 Å². The van der Waals surface area contributed by atoms with E-state index in [4.69, 9.17) is 20.7 Å². The van der Waals surface area contributed by atoms with Crippen LogP contribution in [-0.2, 0) is 4.74 Å². The molecule has 1 aliphatic heterocycles. The first-order valence-corrected chi connectivity index (χ1v) is 3.49. The van der Waals surface area contributed by atoms with Crippen LogP contribution in [0.25, 0.3) is 0 Å². The molecular weight excluding hydrogens is 150 g/mol. The molecule has 0 amide bonds. The number of nitrogens with two attached hydrogens (primary N) is 1. The highest BCUT2D eigenvalue weighted by molar-refractivity contribution is 4.89. The van der Waals surface area contributed by atoms with Crippen LogP contribution < -0.4 is 5.73 Å². The van der Waals surface area contributed by atoms with Crippen LogP contribution in [0.4, 0.5) is 0 Å². The molecule has 0 aliphatic carbocycles. The van der Waals surface area contributed by atoms with Crippen molar-refractivity contribution in [2.75, 3.05) is 0 Å². The third-order valence-electron chi connectivity index (χ3n) is 1.92. The van der Waals surface area contributed by atoms with E-state index in [1.165, 1.54) is 0 Å². The summed E-state index contributed by atoms with van der Waals surface area (Å²) in [5.41, 5.74) is 5.36. The second-order valence-corrected chi connectivity index (χ2v) is 2.79. The molecule has 1 saturated heterocycles. The third-order valence-corrected chi connectivity index (χ3v) is 1.92. The van der Waals surface area contributed by atoms with E-state index in [0.29, 0.717) is 0 Å². The van der Waals surface area contributed by atoms with Gasteiger partial charge in [0.05, 0.1) is 18.2 Å². The number of rotatable bonds is 0. The fourth-order valence-electron chi connectivity index (χ4n) is 1.09. The molecule has 0 aromatic heterocycles. The summed E-state index contributed by atoms with van der Waals surface area (Å²) >= 11 is 0. The van der Waals surface area contributed by atoms with Crippen molar-refractivity contribution < 1.29 is 20.1 Å². The summed E-state index contributed by atoms with van der Waals surface area (Å²) in [4.78, 5) is 0. The molecule has 66 valence electrons. The lowest BCUT2D eigenvalue weighted by Crippen LogP contribution is -2.60. The van der Waals surface area contributed by atoms with Gasteiger partial charge in [0.15, 0.2) is 6.29 Å². The predicted octanol–water partition coefficient (Wildman–Crippen LogP) is -2.23. The molecule has 0 radical (unpaired) electrons. The Bertz CT molecular complexity index is 129. The predicted molar refractivity (Wildman–Crippen MR) is 36.5 cm³/mol. The minimum atomic E-state index is -1.29. The molecule has 1 fully saturated rings. The second-order valence-electron chi connectivity index (χ2n) is 2.79. The van der Waals surface area contributed by atoms with Crippen molar-refractivity contribution >= 4 is 0 Å². The molecule has 11 heavy (non-hydrogen) atoms. The summed E-state index contributed by atoms with van der Waals surface area (Å²) in [6.07, 6.45) is -3.96. The highest BCUT2D eigenvalue weighted by Crippen LogP contribution is 2.17. The zero-order valence-corrected chi connectivity index (χ0v) is 6.21. The van der Waals surface area contributed by atoms with Crippen LogP contribution in [0.5, 0.6) is 0 Å². The number of ether oxygens (including phenoxy) is 1. The van der Waals surface area contributed by atoms with E-state index in [1.807, 2.05) is 0 Å². The molecule has 5 heteroatoms. The lowest BCUT2D eigenvalue weighted by molar-refractivity contribution is -0.247. The lowest BCUT2D eigenvalue weighted by Gasteiger charge is -2.37. The Morgan fingerprint density at radius 3 is 2.27 bits per heavy atom. The number of aliphatic hydroxyl groups excluding tert-OH is 3. The van der Waals surface area contributed by atoms with Gasteiger partial charge in [-0.2, -0.15) is 0 Å². The molecule has 5 atom stereocenters. The normalized spacial score (nSPS) is 52.6. The highest BCUT2D eigenvalue weighted by atomic mass is 16.6. The fourth-order valence-corrected chi connectivity index (χ4v) is 1.09. The highest BCUT2D eigenvalue weighted by Gasteiger charge is 2.39. The minimum absolute atomic E-state index is 0.539. The molecule has 0 aromatic rings. The van der Waals surface area contributed by atoms with Gasteiger partial charge in [-0.25, -0.2) is 0 Å². The van der Waals surface area contributed by atoms with Gasteiger partial charge in [-0.15, -0.1) is 0 Å². The first kappa shape index (κ1) is 8.89. The van der Waals surface area contributed by atoms with Gasteiger partial charge in [0.25, 0.3) is 0 Å². The van der Waals surface area contributed by atoms with Crippen LogP contribution in [0.15, 0.2) is 0 Å². The Hall–Kier alpha value is -0.200. The Morgan fingerprint density at radius 1 is 1.18 bits per heavy atom. The van der Waals surface area contributed by atoms with Crippen LogP contribution >= 0.6 is 0 Å². The molecule has 0 spiro atoms. The third kappa shape index (κ3) is 1.52. The van der Waals surface area contributed by atoms with Gasteiger partial charge in [0.1, 0.15) is 6.10 Å². The van der Waals surface area contributed by atoms with Gasteiger partial charge in [-0.1, -0.05) is 0 Å². The van der Waals surface area contributed by atoms with Crippen molar-refractivity contribution in [2.24, 2.45) is 5.73 Å². The molecule has 5 N–H and O–H groups in total. The summed E-state index contributed by atoms with van der Waals surface area (Å²) in [6, 6.07) is -0.839. The average Bonchev–Trinajstić information content (AvgIpc) is 1.97. The molecular formula is C6H13NO4. The zero-order chi connectivity index (χ0) is 8.59. The summed E-state index contributed by atoms with van der Waals surface area (Å²) in [6.45, 7) is 1.58. The SMILES string of the molecule is C[C@H]1O[C@@H](O)C(O)C(N)C1O. The van der Waals surface area contributed by atoms with Crippen LogP contribution in [0.1, 0.15) is 6.92 Å². The van der Waals surface area contributed by atoms with E-state index in [2.05, 4.69) is 0 Å². The maximum Gasteiger partial charge on any atom is 0.182 e. The van der Waals surface area contributed by atoms with Crippen LogP contribution in [0, 0.1) is 0 Å². The maximum absolute atomic E-state index is 9.21. The molecule has 5 nitrogen and oxygen atoms in total. The summed E-state index contributed by atoms with van der Waals surface area (Å²) in [7, 11) is 0. The van der Waals surface area contributed by atoms with Gasteiger partial charge < -0.3 is 25.8 Å². The van der Waals surface area contributed by atoms with E-state index in [1.54, 1.807) is 6.92 Å². The lowest BCUT2D eigenvalue weighted by atomic mass is 9.98. The Kier molecular flexibility index (Phi) is 2.46. The largest absolute Gasteiger partial charge is 0.389 e. The Morgan fingerprint density at radius 2 is 1.73 bits per heavy atom. The van der Waals surface area contributed by atoms with Crippen molar-refractivity contribution in [3.8, 4) is 0 Å². The summed E-state index contributed by atoms with van der Waals surface area (Å²) in [5.74, 6) is 0. The molecule has 0 saturated carbocycles. The molecule has 1 aliphatic rings. The first-order chi connectivity index (χ1) is 5.04. The standard InChI is InChI=1S/C6H13NO4/c1-2-4(8)3(7)5(9)6(10)11-2/h2-6,8-10H,7H2,1H3/t2-,3?,4?,5?,6-/m1/s1. The van der Waals surface area contributed by atoms with E-state index in [9.17, 15) is 5.11 Å². The van der Waals surface area contributed by atoms with Gasteiger partial charge in [-0.05, 0) is 6.92 Å². The number of hydrogen-bond acceptors (Lipinski definition) is 5. The molecule has 3 unspecified atom stereocenters. The van der Waals surface area contributed by atoms with Crippen LogP contribution in [0.3, 0.4) is 0 Å². The van der Waals surface area contributed by atoms with E-state index in [0.717, 1.165) is 0 Å². The minimum Gasteiger partial charge on any atom is -0.389 e. The van der Waals surface area contributed by atoms with Gasteiger partial charge >= 0.3 is 0 Å². The molecule has 1 heterocycles. The smallest absolute Gasteiger partial charge is 0.182 e. The monoisotopic (exact) mass is 163 g/mol. The number of hydrogen-bond donors (Lipinski definition) is 4. The van der Waals surface area contributed by atoms with Crippen molar-refractivity contribution in [3.05, 3.63) is 0 Å². The van der Waals surface area contributed by atoms with Crippen LogP contribution in [-0.4, -0.2) is 46.0 Å². The second kappa shape index (κ2) is 3.04. The Balaban J connectivity index is 2.63. The van der Waals surface area contributed by atoms with Crippen molar-refractivity contribution in [1.82, 2.24) is 0 Å². The maximum atomic E-state index is 9.21. The van der Waals surface area contributed by atoms with Gasteiger partial charge in [-0.3, -0.25) is 0 Å². The summed E-state index contributed by atoms with van der Waals surface area (Å²) in [5, 5.41) is 27.3. The summed E-state index contributed by atoms with van der Waals surface area (Å²) < 4.78 is 4.76. The topological polar surface area (TPSA) is 95.9 Å². The van der Waals surface area contributed by atoms with Crippen molar-refractivity contribution in [2.45, 2.75) is 37.6 Å². The van der Waals surface area contributed by atoms with Crippen molar-refractivity contribution in [1.29, 1.82) is 0 Å². The number of aliphatic hydroxyl groups is 3. The Labute approximate surface area is 64.4 Å². The molecule has 1 rings (SSSR count). The van der Waals surface area contributed by atoms with Crippen LogP contribution in [0.2, 0.25) is 0 Å². The average molecular weight is 163 g/mol. The van der Waals surface area contributed by atoms with E-state index < -0.39 is 30.6 Å². The quantitative estimate of drug-likeness (QED) is 0.324. The molecule has 0 aromatic carbocycles.